The normalized spacial score (nSPS) is 12.4. The predicted octanol–water partition coefficient (Wildman–Crippen LogP) is 0.188. The third-order valence-corrected chi connectivity index (χ3v) is 1.85. The lowest BCUT2D eigenvalue weighted by molar-refractivity contribution is -0.138. The minimum atomic E-state index is -0.981. The van der Waals surface area contributed by atoms with E-state index in [1.54, 1.807) is 0 Å². The zero-order valence-corrected chi connectivity index (χ0v) is 7.81. The number of carboxylic acid groups (broad SMARTS) is 1. The molecule has 1 atom stereocenters. The summed E-state index contributed by atoms with van der Waals surface area (Å²) in [4.78, 5) is 10.4. The molecule has 4 N–H and O–H groups in total. The van der Waals surface area contributed by atoms with E-state index in [9.17, 15) is 4.79 Å². The van der Waals surface area contributed by atoms with E-state index in [-0.39, 0.29) is 6.54 Å². The van der Waals surface area contributed by atoms with Crippen molar-refractivity contribution in [2.45, 2.75) is 12.6 Å². The second-order valence-corrected chi connectivity index (χ2v) is 3.06. The summed E-state index contributed by atoms with van der Waals surface area (Å²) in [6.45, 7) is 0.923. The molecule has 76 valence electrons. The van der Waals surface area contributed by atoms with Gasteiger partial charge in [0.25, 0.3) is 0 Å². The van der Waals surface area contributed by atoms with Gasteiger partial charge in [0.05, 0.1) is 0 Å². The van der Waals surface area contributed by atoms with Gasteiger partial charge in [-0.05, 0) is 5.56 Å². The summed E-state index contributed by atoms with van der Waals surface area (Å²) in [5.41, 5.74) is 6.43. The topological polar surface area (TPSA) is 75.3 Å². The first-order chi connectivity index (χ1) is 6.70. The molecule has 0 aliphatic heterocycles. The van der Waals surface area contributed by atoms with Crippen LogP contribution in [-0.2, 0) is 11.3 Å². The molecule has 0 spiro atoms. The third-order valence-electron chi connectivity index (χ3n) is 1.85. The Bertz CT molecular complexity index is 287. The Labute approximate surface area is 82.7 Å². The summed E-state index contributed by atoms with van der Waals surface area (Å²) in [5, 5.41) is 11.5. The van der Waals surface area contributed by atoms with Gasteiger partial charge in [-0.15, -0.1) is 0 Å². The number of nitrogens with one attached hydrogen (secondary N) is 1. The molecule has 1 rings (SSSR count). The maximum Gasteiger partial charge on any atom is 0.321 e. The van der Waals surface area contributed by atoms with E-state index in [4.69, 9.17) is 10.8 Å². The van der Waals surface area contributed by atoms with Gasteiger partial charge in [-0.25, -0.2) is 0 Å². The quantitative estimate of drug-likeness (QED) is 0.625. The van der Waals surface area contributed by atoms with Crippen molar-refractivity contribution in [2.75, 3.05) is 6.54 Å². The largest absolute Gasteiger partial charge is 0.480 e. The SMILES string of the molecule is N[C@@H](CNCc1ccccc1)C(=O)O. The van der Waals surface area contributed by atoms with Crippen molar-refractivity contribution >= 4 is 5.97 Å². The summed E-state index contributed by atoms with van der Waals surface area (Å²) in [5.74, 6) is -0.981. The van der Waals surface area contributed by atoms with E-state index in [0.29, 0.717) is 6.54 Å². The van der Waals surface area contributed by atoms with Gasteiger partial charge < -0.3 is 16.2 Å². The molecule has 0 fully saturated rings. The minimum Gasteiger partial charge on any atom is -0.480 e. The molecule has 4 heteroatoms. The highest BCUT2D eigenvalue weighted by molar-refractivity contribution is 5.73. The van der Waals surface area contributed by atoms with Crippen molar-refractivity contribution < 1.29 is 9.90 Å². The van der Waals surface area contributed by atoms with Crippen LogP contribution in [0.4, 0.5) is 0 Å². The summed E-state index contributed by atoms with van der Waals surface area (Å²) >= 11 is 0. The van der Waals surface area contributed by atoms with Gasteiger partial charge >= 0.3 is 5.97 Å². The summed E-state index contributed by atoms with van der Waals surface area (Å²) in [7, 11) is 0. The molecule has 0 amide bonds. The van der Waals surface area contributed by atoms with Gasteiger partial charge in [-0.2, -0.15) is 0 Å². The highest BCUT2D eigenvalue weighted by Crippen LogP contribution is 1.96. The molecule has 0 saturated carbocycles. The lowest BCUT2D eigenvalue weighted by Crippen LogP contribution is -2.40. The van der Waals surface area contributed by atoms with Gasteiger partial charge in [-0.1, -0.05) is 30.3 Å². The molecule has 0 aromatic heterocycles. The van der Waals surface area contributed by atoms with Crippen molar-refractivity contribution in [1.29, 1.82) is 0 Å². The number of benzene rings is 1. The first-order valence-electron chi connectivity index (χ1n) is 4.43. The van der Waals surface area contributed by atoms with Crippen LogP contribution in [0.1, 0.15) is 5.56 Å². The zero-order valence-electron chi connectivity index (χ0n) is 7.81. The van der Waals surface area contributed by atoms with Crippen LogP contribution in [0.2, 0.25) is 0 Å². The number of hydrogen-bond donors (Lipinski definition) is 3. The smallest absolute Gasteiger partial charge is 0.321 e. The molecule has 0 aliphatic rings. The average molecular weight is 194 g/mol. The fraction of sp³-hybridized carbons (Fsp3) is 0.300. The first-order valence-corrected chi connectivity index (χ1v) is 4.43. The monoisotopic (exact) mass is 194 g/mol. The third kappa shape index (κ3) is 3.55. The van der Waals surface area contributed by atoms with E-state index >= 15 is 0 Å². The van der Waals surface area contributed by atoms with Crippen molar-refractivity contribution in [1.82, 2.24) is 5.32 Å². The van der Waals surface area contributed by atoms with Crippen LogP contribution < -0.4 is 11.1 Å². The number of nitrogens with two attached hydrogens (primary N) is 1. The van der Waals surface area contributed by atoms with E-state index in [0.717, 1.165) is 5.56 Å². The lowest BCUT2D eigenvalue weighted by Gasteiger charge is -2.07. The molecule has 1 aromatic carbocycles. The molecule has 1 aromatic rings. The second-order valence-electron chi connectivity index (χ2n) is 3.06. The summed E-state index contributed by atoms with van der Waals surface area (Å²) in [6, 6.07) is 8.92. The van der Waals surface area contributed by atoms with E-state index in [1.165, 1.54) is 0 Å². The molecule has 0 saturated heterocycles. The predicted molar refractivity (Wildman–Crippen MR) is 53.8 cm³/mol. The lowest BCUT2D eigenvalue weighted by atomic mass is 10.2. The molecular formula is C10H14N2O2. The summed E-state index contributed by atoms with van der Waals surface area (Å²) in [6.07, 6.45) is 0. The fourth-order valence-corrected chi connectivity index (χ4v) is 1.06. The van der Waals surface area contributed by atoms with E-state index < -0.39 is 12.0 Å². The van der Waals surface area contributed by atoms with Gasteiger partial charge in [0.15, 0.2) is 0 Å². The Morgan fingerprint density at radius 1 is 1.43 bits per heavy atom. The zero-order chi connectivity index (χ0) is 10.4. The Balaban J connectivity index is 2.26. The molecular weight excluding hydrogens is 180 g/mol. The van der Waals surface area contributed by atoms with Crippen molar-refractivity contribution in [2.24, 2.45) is 5.73 Å². The van der Waals surface area contributed by atoms with Crippen LogP contribution in [0, 0.1) is 0 Å². The van der Waals surface area contributed by atoms with Crippen molar-refractivity contribution in [3.63, 3.8) is 0 Å². The van der Waals surface area contributed by atoms with E-state index in [2.05, 4.69) is 5.32 Å². The number of aliphatic carboxylic acids is 1. The number of carboxylic acids is 1. The molecule has 14 heavy (non-hydrogen) atoms. The fourth-order valence-electron chi connectivity index (χ4n) is 1.06. The standard InChI is InChI=1S/C10H14N2O2/c11-9(10(13)14)7-12-6-8-4-2-1-3-5-8/h1-5,9,12H,6-7,11H2,(H,13,14)/t9-/m0/s1. The van der Waals surface area contributed by atoms with Crippen molar-refractivity contribution in [3.8, 4) is 0 Å². The van der Waals surface area contributed by atoms with Gasteiger partial charge in [0.2, 0.25) is 0 Å². The number of rotatable bonds is 5. The highest BCUT2D eigenvalue weighted by Gasteiger charge is 2.09. The van der Waals surface area contributed by atoms with Crippen LogP contribution in [0.3, 0.4) is 0 Å². The number of hydrogen-bond acceptors (Lipinski definition) is 3. The number of carbonyl (C=O) groups is 1. The Morgan fingerprint density at radius 2 is 2.07 bits per heavy atom. The molecule has 4 nitrogen and oxygen atoms in total. The second kappa shape index (κ2) is 5.36. The Kier molecular flexibility index (Phi) is 4.10. The Morgan fingerprint density at radius 3 is 2.64 bits per heavy atom. The van der Waals surface area contributed by atoms with Crippen LogP contribution in [0.25, 0.3) is 0 Å². The maximum atomic E-state index is 10.4. The van der Waals surface area contributed by atoms with Crippen LogP contribution in [0.15, 0.2) is 30.3 Å². The van der Waals surface area contributed by atoms with Crippen LogP contribution in [0.5, 0.6) is 0 Å². The summed E-state index contributed by atoms with van der Waals surface area (Å²) < 4.78 is 0. The van der Waals surface area contributed by atoms with Crippen molar-refractivity contribution in [3.05, 3.63) is 35.9 Å². The van der Waals surface area contributed by atoms with Gasteiger partial charge in [0, 0.05) is 13.1 Å². The Hall–Kier alpha value is -1.39. The van der Waals surface area contributed by atoms with Crippen LogP contribution >= 0.6 is 0 Å². The first kappa shape index (κ1) is 10.7. The average Bonchev–Trinajstić information content (AvgIpc) is 2.19. The van der Waals surface area contributed by atoms with E-state index in [1.807, 2.05) is 30.3 Å². The molecule has 0 aliphatic carbocycles. The molecule has 0 bridgehead atoms. The van der Waals surface area contributed by atoms with Gasteiger partial charge in [0.1, 0.15) is 6.04 Å². The molecule has 0 unspecified atom stereocenters. The molecule has 0 radical (unpaired) electrons. The highest BCUT2D eigenvalue weighted by atomic mass is 16.4. The maximum absolute atomic E-state index is 10.4. The molecule has 0 heterocycles. The minimum absolute atomic E-state index is 0.282. The van der Waals surface area contributed by atoms with Crippen LogP contribution in [-0.4, -0.2) is 23.7 Å². The van der Waals surface area contributed by atoms with Gasteiger partial charge in [-0.3, -0.25) is 4.79 Å².